The molecule has 0 spiro atoms. The van der Waals surface area contributed by atoms with Crippen LogP contribution < -0.4 is 0 Å². The largest absolute Gasteiger partial charge is 0.480 e. The van der Waals surface area contributed by atoms with Gasteiger partial charge in [-0.05, 0) is 26.0 Å². The van der Waals surface area contributed by atoms with Crippen molar-refractivity contribution >= 4 is 17.7 Å². The lowest BCUT2D eigenvalue weighted by Gasteiger charge is -2.17. The Hall–Kier alpha value is -1.54. The molecule has 1 rings (SSSR count). The molecule has 1 aromatic heterocycles. The Balaban J connectivity index is 3.00. The number of nitrogens with zero attached hydrogens (tertiary/aromatic N) is 2. The van der Waals surface area contributed by atoms with Crippen molar-refractivity contribution in [3.63, 3.8) is 0 Å². The van der Waals surface area contributed by atoms with E-state index < -0.39 is 10.7 Å². The molecule has 1 heterocycles. The van der Waals surface area contributed by atoms with Crippen LogP contribution in [-0.2, 0) is 4.79 Å². The van der Waals surface area contributed by atoms with Crippen LogP contribution in [-0.4, -0.2) is 20.8 Å². The number of hydrogen-bond acceptors (Lipinski definition) is 4. The summed E-state index contributed by atoms with van der Waals surface area (Å²) in [6, 6.07) is 5.25. The number of rotatable bonds is 3. The molecule has 0 saturated carbocycles. The summed E-state index contributed by atoms with van der Waals surface area (Å²) in [6.45, 7) is 3.16. The van der Waals surface area contributed by atoms with Crippen LogP contribution in [0.25, 0.3) is 0 Å². The van der Waals surface area contributed by atoms with Crippen LogP contribution in [0.5, 0.6) is 0 Å². The fourth-order valence-corrected chi connectivity index (χ4v) is 1.75. The van der Waals surface area contributed by atoms with Crippen LogP contribution in [0.3, 0.4) is 0 Å². The molecular weight excluding hydrogens is 212 g/mol. The second-order valence-corrected chi connectivity index (χ2v) is 5.00. The lowest BCUT2D eigenvalue weighted by molar-refractivity contribution is -0.138. The summed E-state index contributed by atoms with van der Waals surface area (Å²) in [5.74, 6) is -0.929. The van der Waals surface area contributed by atoms with E-state index in [1.54, 1.807) is 32.2 Å². The molecular formula is C10H10N2O2S. The van der Waals surface area contributed by atoms with Gasteiger partial charge in [-0.3, -0.25) is 4.79 Å². The lowest BCUT2D eigenvalue weighted by atomic mass is 10.2. The van der Waals surface area contributed by atoms with Gasteiger partial charge in [0, 0.05) is 6.20 Å². The third-order valence-corrected chi connectivity index (χ3v) is 2.96. The molecule has 0 radical (unpaired) electrons. The molecule has 4 nitrogen and oxygen atoms in total. The third-order valence-electron chi connectivity index (χ3n) is 1.76. The molecule has 0 saturated heterocycles. The van der Waals surface area contributed by atoms with E-state index >= 15 is 0 Å². The van der Waals surface area contributed by atoms with E-state index in [4.69, 9.17) is 10.4 Å². The first-order valence-corrected chi connectivity index (χ1v) is 5.06. The van der Waals surface area contributed by atoms with Gasteiger partial charge < -0.3 is 5.11 Å². The molecule has 15 heavy (non-hydrogen) atoms. The zero-order chi connectivity index (χ0) is 11.5. The third kappa shape index (κ3) is 2.70. The highest BCUT2D eigenvalue weighted by Crippen LogP contribution is 2.32. The second-order valence-electron chi connectivity index (χ2n) is 3.39. The Morgan fingerprint density at radius 2 is 2.33 bits per heavy atom. The molecule has 0 aliphatic carbocycles. The zero-order valence-electron chi connectivity index (χ0n) is 8.39. The number of aromatic nitrogens is 1. The molecule has 1 N–H and O–H groups in total. The van der Waals surface area contributed by atoms with Gasteiger partial charge in [0.25, 0.3) is 0 Å². The van der Waals surface area contributed by atoms with Crippen LogP contribution in [0.15, 0.2) is 23.4 Å². The summed E-state index contributed by atoms with van der Waals surface area (Å²) < 4.78 is -0.986. The molecule has 0 atom stereocenters. The summed E-state index contributed by atoms with van der Waals surface area (Å²) >= 11 is 1.07. The van der Waals surface area contributed by atoms with E-state index in [9.17, 15) is 4.79 Å². The van der Waals surface area contributed by atoms with Crippen LogP contribution in [0, 0.1) is 11.3 Å². The van der Waals surface area contributed by atoms with Gasteiger partial charge in [0.05, 0.1) is 5.56 Å². The van der Waals surface area contributed by atoms with Crippen molar-refractivity contribution in [2.75, 3.05) is 0 Å². The predicted molar refractivity (Wildman–Crippen MR) is 56.5 cm³/mol. The van der Waals surface area contributed by atoms with Crippen LogP contribution in [0.1, 0.15) is 19.4 Å². The maximum Gasteiger partial charge on any atom is 0.319 e. The first kappa shape index (κ1) is 11.5. The molecule has 0 bridgehead atoms. The average molecular weight is 222 g/mol. The summed E-state index contributed by atoms with van der Waals surface area (Å²) in [7, 11) is 0. The van der Waals surface area contributed by atoms with Gasteiger partial charge in [-0.15, -0.1) is 0 Å². The monoisotopic (exact) mass is 222 g/mol. The average Bonchev–Trinajstić information content (AvgIpc) is 2.18. The summed E-state index contributed by atoms with van der Waals surface area (Å²) in [4.78, 5) is 14.9. The molecule has 0 amide bonds. The SMILES string of the molecule is CC(C)(Sc1ncccc1C#N)C(=O)O. The maximum atomic E-state index is 10.9. The van der Waals surface area contributed by atoms with E-state index in [1.807, 2.05) is 6.07 Å². The van der Waals surface area contributed by atoms with Crippen molar-refractivity contribution in [2.45, 2.75) is 23.6 Å². The van der Waals surface area contributed by atoms with Crippen molar-refractivity contribution in [3.05, 3.63) is 23.9 Å². The maximum absolute atomic E-state index is 10.9. The Kier molecular flexibility index (Phi) is 3.32. The van der Waals surface area contributed by atoms with E-state index in [0.29, 0.717) is 10.6 Å². The van der Waals surface area contributed by atoms with Gasteiger partial charge in [0.2, 0.25) is 0 Å². The van der Waals surface area contributed by atoms with Crippen LogP contribution >= 0.6 is 11.8 Å². The van der Waals surface area contributed by atoms with Crippen molar-refractivity contribution in [3.8, 4) is 6.07 Å². The van der Waals surface area contributed by atoms with E-state index in [1.165, 1.54) is 0 Å². The number of aliphatic carboxylic acids is 1. The smallest absolute Gasteiger partial charge is 0.319 e. The van der Waals surface area contributed by atoms with Crippen molar-refractivity contribution in [1.29, 1.82) is 5.26 Å². The van der Waals surface area contributed by atoms with Gasteiger partial charge in [-0.25, -0.2) is 4.98 Å². The van der Waals surface area contributed by atoms with Crippen molar-refractivity contribution in [2.24, 2.45) is 0 Å². The Labute approximate surface area is 91.9 Å². The summed E-state index contributed by atoms with van der Waals surface area (Å²) in [6.07, 6.45) is 1.54. The standard InChI is InChI=1S/C10H10N2O2S/c1-10(2,9(13)14)15-8-7(6-11)4-3-5-12-8/h3-5H,1-2H3,(H,13,14). The zero-order valence-corrected chi connectivity index (χ0v) is 9.21. The number of thioether (sulfide) groups is 1. The van der Waals surface area contributed by atoms with Gasteiger partial charge in [0.15, 0.2) is 0 Å². The molecule has 0 aliphatic heterocycles. The van der Waals surface area contributed by atoms with E-state index in [-0.39, 0.29) is 0 Å². The topological polar surface area (TPSA) is 74.0 Å². The molecule has 0 fully saturated rings. The Morgan fingerprint density at radius 3 is 2.87 bits per heavy atom. The van der Waals surface area contributed by atoms with Crippen molar-refractivity contribution < 1.29 is 9.90 Å². The van der Waals surface area contributed by atoms with Gasteiger partial charge in [0.1, 0.15) is 15.8 Å². The van der Waals surface area contributed by atoms with Crippen LogP contribution in [0.4, 0.5) is 0 Å². The normalized spacial score (nSPS) is 10.7. The number of carboxylic acid groups (broad SMARTS) is 1. The number of pyridine rings is 1. The number of carboxylic acids is 1. The van der Waals surface area contributed by atoms with Crippen LogP contribution in [0.2, 0.25) is 0 Å². The minimum absolute atomic E-state index is 0.400. The molecule has 0 aliphatic rings. The number of nitriles is 1. The Morgan fingerprint density at radius 1 is 1.67 bits per heavy atom. The molecule has 78 valence electrons. The van der Waals surface area contributed by atoms with E-state index in [0.717, 1.165) is 11.8 Å². The van der Waals surface area contributed by atoms with Gasteiger partial charge in [-0.2, -0.15) is 5.26 Å². The minimum Gasteiger partial charge on any atom is -0.480 e. The fraction of sp³-hybridized carbons (Fsp3) is 0.300. The van der Waals surface area contributed by atoms with Gasteiger partial charge >= 0.3 is 5.97 Å². The minimum atomic E-state index is -0.986. The molecule has 5 heteroatoms. The van der Waals surface area contributed by atoms with Crippen molar-refractivity contribution in [1.82, 2.24) is 4.98 Å². The summed E-state index contributed by atoms with van der Waals surface area (Å²) in [5, 5.41) is 18.2. The summed E-state index contributed by atoms with van der Waals surface area (Å²) in [5.41, 5.74) is 0.400. The lowest BCUT2D eigenvalue weighted by Crippen LogP contribution is -2.27. The molecule has 0 aromatic carbocycles. The first-order chi connectivity index (χ1) is 6.97. The highest BCUT2D eigenvalue weighted by molar-refractivity contribution is 8.01. The van der Waals surface area contributed by atoms with Gasteiger partial charge in [-0.1, -0.05) is 11.8 Å². The quantitative estimate of drug-likeness (QED) is 0.791. The first-order valence-electron chi connectivity index (χ1n) is 4.25. The Bertz CT molecular complexity index is 424. The highest BCUT2D eigenvalue weighted by Gasteiger charge is 2.29. The highest BCUT2D eigenvalue weighted by atomic mass is 32.2. The predicted octanol–water partition coefficient (Wildman–Crippen LogP) is 1.91. The molecule has 0 unspecified atom stereocenters. The number of hydrogen-bond donors (Lipinski definition) is 1. The second kappa shape index (κ2) is 4.32. The van der Waals surface area contributed by atoms with E-state index in [2.05, 4.69) is 4.98 Å². The molecule has 1 aromatic rings. The fourth-order valence-electron chi connectivity index (χ4n) is 0.843. The number of carbonyl (C=O) groups is 1.